The molecule has 26 heavy (non-hydrogen) atoms. The zero-order valence-corrected chi connectivity index (χ0v) is 20.4. The number of esters is 2. The predicted octanol–water partition coefficient (Wildman–Crippen LogP) is 3.35. The van der Waals surface area contributed by atoms with E-state index < -0.39 is 33.8 Å². The van der Waals surface area contributed by atoms with Gasteiger partial charge >= 0.3 is 11.9 Å². The molecule has 0 radical (unpaired) electrons. The Balaban J connectivity index is 5.97. The van der Waals surface area contributed by atoms with Crippen LogP contribution < -0.4 is 0 Å². The molecule has 0 fully saturated rings. The molecule has 0 aliphatic carbocycles. The van der Waals surface area contributed by atoms with Gasteiger partial charge in [0, 0.05) is 28.4 Å². The van der Waals surface area contributed by atoms with Crippen molar-refractivity contribution in [3.05, 3.63) is 0 Å². The molecular weight excluding hydrogens is 462 g/mol. The van der Waals surface area contributed by atoms with Crippen LogP contribution in [-0.2, 0) is 60.8 Å². The summed E-state index contributed by atoms with van der Waals surface area (Å²) in [4.78, 5) is 25.1. The maximum absolute atomic E-state index is 12.6. The third-order valence-corrected chi connectivity index (χ3v) is 14.6. The highest BCUT2D eigenvalue weighted by atomic mass is 32.9. The lowest BCUT2D eigenvalue weighted by Crippen LogP contribution is -2.37. The zero-order valence-electron chi connectivity index (χ0n) is 15.4. The largest absolute Gasteiger partial charge is 0.465 e. The Morgan fingerprint density at radius 1 is 0.769 bits per heavy atom. The fraction of sp³-hybridized carbons (Fsp3) is 0.833. The fourth-order valence-electron chi connectivity index (χ4n) is 1.49. The lowest BCUT2D eigenvalue weighted by Gasteiger charge is -2.29. The van der Waals surface area contributed by atoms with Crippen molar-refractivity contribution >= 4 is 69.7 Å². The van der Waals surface area contributed by atoms with Crippen LogP contribution >= 0.6 is 34.2 Å². The van der Waals surface area contributed by atoms with E-state index in [1.807, 2.05) is 0 Å². The second-order valence-electron chi connectivity index (χ2n) is 4.18. The monoisotopic (exact) mass is 486 g/mol. The lowest BCUT2D eigenvalue weighted by molar-refractivity contribution is -0.148. The molecule has 2 unspecified atom stereocenters. The van der Waals surface area contributed by atoms with Crippen LogP contribution in [-0.4, -0.2) is 64.1 Å². The van der Waals surface area contributed by atoms with Gasteiger partial charge in [-0.25, -0.2) is 0 Å². The van der Waals surface area contributed by atoms with Crippen molar-refractivity contribution in [3.8, 4) is 0 Å². The summed E-state index contributed by atoms with van der Waals surface area (Å²) in [6.45, 7) is 3.57. The SMILES string of the molecule is CCOC(=O)C(SP(=S)(OC)OC)C(SP(=S)(OC)OC)C(=O)OCC. The first kappa shape index (κ1) is 26.8. The molecule has 0 saturated heterocycles. The van der Waals surface area contributed by atoms with Crippen molar-refractivity contribution in [2.45, 2.75) is 24.3 Å². The maximum Gasteiger partial charge on any atom is 0.321 e. The Kier molecular flexibility index (Phi) is 13.5. The van der Waals surface area contributed by atoms with E-state index in [4.69, 9.17) is 51.2 Å². The molecule has 0 bridgehead atoms. The molecule has 0 N–H and O–H groups in total. The molecule has 0 aromatic heterocycles. The van der Waals surface area contributed by atoms with Crippen molar-refractivity contribution in [1.82, 2.24) is 0 Å². The Hall–Kier alpha value is 0.780. The smallest absolute Gasteiger partial charge is 0.321 e. The van der Waals surface area contributed by atoms with Gasteiger partial charge in [0.05, 0.1) is 13.2 Å². The van der Waals surface area contributed by atoms with Crippen molar-refractivity contribution in [2.24, 2.45) is 0 Å². The van der Waals surface area contributed by atoms with E-state index in [0.29, 0.717) is 0 Å². The third kappa shape index (κ3) is 8.43. The molecule has 0 saturated carbocycles. The van der Waals surface area contributed by atoms with Gasteiger partial charge in [0.15, 0.2) is 0 Å². The number of hydrogen-bond acceptors (Lipinski definition) is 12. The van der Waals surface area contributed by atoms with E-state index in [0.717, 1.165) is 22.8 Å². The van der Waals surface area contributed by atoms with E-state index in [1.54, 1.807) is 13.8 Å². The molecule has 0 amide bonds. The van der Waals surface area contributed by atoms with Gasteiger partial charge in [0.25, 0.3) is 0 Å². The first-order chi connectivity index (χ1) is 12.2. The topological polar surface area (TPSA) is 89.5 Å². The average Bonchev–Trinajstić information content (AvgIpc) is 2.64. The van der Waals surface area contributed by atoms with Crippen LogP contribution in [0.3, 0.4) is 0 Å². The van der Waals surface area contributed by atoms with Crippen molar-refractivity contribution in [1.29, 1.82) is 0 Å². The summed E-state index contributed by atoms with van der Waals surface area (Å²) in [6, 6.07) is 0. The molecule has 0 aromatic carbocycles. The molecule has 0 aliphatic heterocycles. The van der Waals surface area contributed by atoms with Gasteiger partial charge in [0.1, 0.15) is 10.5 Å². The normalized spacial score (nSPS) is 14.5. The Bertz CT molecular complexity index is 497. The molecule has 0 spiro atoms. The highest BCUT2D eigenvalue weighted by molar-refractivity contribution is 8.70. The maximum atomic E-state index is 12.6. The van der Waals surface area contributed by atoms with Gasteiger partial charge in [0.2, 0.25) is 11.4 Å². The minimum atomic E-state index is -2.88. The molecule has 0 aromatic rings. The molecule has 2 atom stereocenters. The van der Waals surface area contributed by atoms with Gasteiger partial charge in [-0.1, -0.05) is 22.8 Å². The second kappa shape index (κ2) is 13.1. The highest BCUT2D eigenvalue weighted by Gasteiger charge is 2.44. The number of rotatable bonds is 13. The van der Waals surface area contributed by atoms with Crippen LogP contribution in [0.2, 0.25) is 0 Å². The second-order valence-corrected chi connectivity index (χ2v) is 17.3. The lowest BCUT2D eigenvalue weighted by atomic mass is 10.3. The number of carbonyl (C=O) groups excluding carboxylic acids is 2. The van der Waals surface area contributed by atoms with Crippen LogP contribution in [0.25, 0.3) is 0 Å². The van der Waals surface area contributed by atoms with Crippen LogP contribution in [0.5, 0.6) is 0 Å². The van der Waals surface area contributed by atoms with Gasteiger partial charge < -0.3 is 27.6 Å². The molecule has 0 heterocycles. The van der Waals surface area contributed by atoms with Gasteiger partial charge in [-0.2, -0.15) is 0 Å². The minimum absolute atomic E-state index is 0.127. The Morgan fingerprint density at radius 2 is 1.04 bits per heavy atom. The first-order valence-corrected chi connectivity index (χ1v) is 15.5. The summed E-state index contributed by atoms with van der Waals surface area (Å²) in [5, 5.41) is -2.14. The van der Waals surface area contributed by atoms with Gasteiger partial charge in [-0.3, -0.25) is 9.59 Å². The molecule has 14 heteroatoms. The van der Waals surface area contributed by atoms with E-state index >= 15 is 0 Å². The molecule has 8 nitrogen and oxygen atoms in total. The van der Waals surface area contributed by atoms with Gasteiger partial charge in [-0.15, -0.1) is 0 Å². The van der Waals surface area contributed by atoms with Crippen molar-refractivity contribution in [3.63, 3.8) is 0 Å². The molecule has 154 valence electrons. The summed E-state index contributed by atoms with van der Waals surface area (Å²) in [5.41, 5.74) is -5.77. The Morgan fingerprint density at radius 3 is 1.23 bits per heavy atom. The van der Waals surface area contributed by atoms with Crippen molar-refractivity contribution < 1.29 is 37.2 Å². The van der Waals surface area contributed by atoms with Gasteiger partial charge in [-0.05, 0) is 37.5 Å². The molecule has 0 rings (SSSR count). The fourth-order valence-corrected chi connectivity index (χ4v) is 9.89. The summed E-state index contributed by atoms with van der Waals surface area (Å²) in [5.74, 6) is -1.31. The van der Waals surface area contributed by atoms with Crippen LogP contribution in [0.4, 0.5) is 0 Å². The highest BCUT2D eigenvalue weighted by Crippen LogP contribution is 2.67. The molecular formula is C12H24O8P2S4. The third-order valence-electron chi connectivity index (χ3n) is 2.69. The summed E-state index contributed by atoms with van der Waals surface area (Å²) in [6.07, 6.45) is 0. The standard InChI is InChI=1S/C12H24O8P2S4/c1-7-19-11(13)9(25-21(23,15-3)16-4)10(12(14)20-8-2)26-22(24,17-5)18-6/h9-10H,7-8H2,1-6H3. The van der Waals surface area contributed by atoms with E-state index in [2.05, 4.69) is 0 Å². The summed E-state index contributed by atoms with van der Waals surface area (Å²) < 4.78 is 31.2. The van der Waals surface area contributed by atoms with E-state index in [9.17, 15) is 9.59 Å². The number of carbonyl (C=O) groups is 2. The minimum Gasteiger partial charge on any atom is -0.465 e. The summed E-state index contributed by atoms with van der Waals surface area (Å²) in [7, 11) is 5.50. The average molecular weight is 487 g/mol. The molecule has 0 aliphatic rings. The quantitative estimate of drug-likeness (QED) is 0.282. The summed E-state index contributed by atoms with van der Waals surface area (Å²) >= 11 is 12.5. The predicted molar refractivity (Wildman–Crippen MR) is 113 cm³/mol. The zero-order chi connectivity index (χ0) is 20.4. The Labute approximate surface area is 172 Å². The van der Waals surface area contributed by atoms with Crippen LogP contribution in [0.15, 0.2) is 0 Å². The van der Waals surface area contributed by atoms with E-state index in [-0.39, 0.29) is 13.2 Å². The number of ether oxygens (including phenoxy) is 2. The van der Waals surface area contributed by atoms with Crippen LogP contribution in [0, 0.1) is 0 Å². The van der Waals surface area contributed by atoms with Crippen molar-refractivity contribution in [2.75, 3.05) is 41.7 Å². The van der Waals surface area contributed by atoms with Crippen LogP contribution in [0.1, 0.15) is 13.8 Å². The first-order valence-electron chi connectivity index (χ1n) is 7.28. The van der Waals surface area contributed by atoms with E-state index in [1.165, 1.54) is 28.4 Å². The number of hydrogen-bond donors (Lipinski definition) is 0.